The van der Waals surface area contributed by atoms with Crippen molar-refractivity contribution in [1.82, 2.24) is 19.7 Å². The third-order valence-corrected chi connectivity index (χ3v) is 4.70. The molecule has 2 aromatic heterocycles. The Hall–Kier alpha value is -3.22. The Morgan fingerprint density at radius 3 is 2.55 bits per heavy atom. The second kappa shape index (κ2) is 7.31. The molecule has 1 aromatic carbocycles. The minimum Gasteiger partial charge on any atom is -0.444 e. The van der Waals surface area contributed by atoms with Gasteiger partial charge >= 0.3 is 6.09 Å². The first kappa shape index (κ1) is 19.1. The van der Waals surface area contributed by atoms with Crippen molar-refractivity contribution >= 4 is 6.09 Å². The molecule has 6 nitrogen and oxygen atoms in total. The number of fused-ring (bicyclic) bond motifs is 1. The molecule has 0 spiro atoms. The van der Waals surface area contributed by atoms with Crippen molar-refractivity contribution in [2.75, 3.05) is 6.54 Å². The fourth-order valence-corrected chi connectivity index (χ4v) is 3.46. The summed E-state index contributed by atoms with van der Waals surface area (Å²) in [7, 11) is 0. The molecule has 0 saturated heterocycles. The molecule has 3 heterocycles. The summed E-state index contributed by atoms with van der Waals surface area (Å²) in [5.74, 6) is -0.315. The van der Waals surface area contributed by atoms with E-state index in [1.807, 2.05) is 43.7 Å². The lowest BCUT2D eigenvalue weighted by Gasteiger charge is -2.30. The molecule has 0 bridgehead atoms. The number of benzene rings is 1. The number of aromatic nitrogens is 3. The van der Waals surface area contributed by atoms with Crippen LogP contribution < -0.4 is 0 Å². The number of halogens is 1. The molecule has 0 aliphatic carbocycles. The Labute approximate surface area is 168 Å². The fraction of sp³-hybridized carbons (Fsp3) is 0.318. The summed E-state index contributed by atoms with van der Waals surface area (Å²) >= 11 is 0. The topological polar surface area (TPSA) is 60.2 Å². The van der Waals surface area contributed by atoms with E-state index in [1.54, 1.807) is 23.4 Å². The standard InChI is InChI=1S/C22H23FN4O2/c1-22(2,3)29-21(28)26-11-12-27-18(14-26)19(15-7-9-24-10-8-15)20(25-27)16-5-4-6-17(23)13-16/h4-10,13H,11-12,14H2,1-3H3. The third-order valence-electron chi connectivity index (χ3n) is 4.70. The summed E-state index contributed by atoms with van der Waals surface area (Å²) < 4.78 is 21.3. The van der Waals surface area contributed by atoms with Crippen LogP contribution in [-0.2, 0) is 17.8 Å². The lowest BCUT2D eigenvalue weighted by Crippen LogP contribution is -2.41. The highest BCUT2D eigenvalue weighted by Gasteiger charge is 2.30. The van der Waals surface area contributed by atoms with Gasteiger partial charge in [-0.05, 0) is 50.6 Å². The highest BCUT2D eigenvalue weighted by atomic mass is 19.1. The van der Waals surface area contributed by atoms with Gasteiger partial charge in [0.15, 0.2) is 0 Å². The maximum atomic E-state index is 13.9. The predicted octanol–water partition coefficient (Wildman–Crippen LogP) is 4.50. The van der Waals surface area contributed by atoms with Gasteiger partial charge in [0.25, 0.3) is 0 Å². The quantitative estimate of drug-likeness (QED) is 0.642. The van der Waals surface area contributed by atoms with Gasteiger partial charge in [0.2, 0.25) is 0 Å². The van der Waals surface area contributed by atoms with E-state index >= 15 is 0 Å². The first-order chi connectivity index (χ1) is 13.8. The van der Waals surface area contributed by atoms with Crippen molar-refractivity contribution in [3.8, 4) is 22.4 Å². The molecule has 0 radical (unpaired) electrons. The molecule has 0 unspecified atom stereocenters. The average molecular weight is 394 g/mol. The number of carbonyl (C=O) groups is 1. The van der Waals surface area contributed by atoms with E-state index in [0.717, 1.165) is 16.8 Å². The first-order valence-corrected chi connectivity index (χ1v) is 9.56. The molecule has 150 valence electrons. The van der Waals surface area contributed by atoms with Crippen LogP contribution in [0.1, 0.15) is 26.5 Å². The molecule has 3 aromatic rings. The minimum absolute atomic E-state index is 0.315. The molecule has 7 heteroatoms. The summed E-state index contributed by atoms with van der Waals surface area (Å²) in [4.78, 5) is 18.4. The molecule has 0 atom stereocenters. The van der Waals surface area contributed by atoms with Crippen molar-refractivity contribution in [3.05, 3.63) is 60.3 Å². The minimum atomic E-state index is -0.560. The molecule has 1 aliphatic heterocycles. The van der Waals surface area contributed by atoms with Gasteiger partial charge in [-0.3, -0.25) is 9.67 Å². The number of ether oxygens (including phenoxy) is 1. The van der Waals surface area contributed by atoms with E-state index in [1.165, 1.54) is 12.1 Å². The molecule has 29 heavy (non-hydrogen) atoms. The maximum Gasteiger partial charge on any atom is 0.410 e. The van der Waals surface area contributed by atoms with Crippen molar-refractivity contribution < 1.29 is 13.9 Å². The van der Waals surface area contributed by atoms with Gasteiger partial charge in [-0.1, -0.05) is 12.1 Å². The number of pyridine rings is 1. The largest absolute Gasteiger partial charge is 0.444 e. The molecular formula is C22H23FN4O2. The fourth-order valence-electron chi connectivity index (χ4n) is 3.46. The van der Waals surface area contributed by atoms with Gasteiger partial charge in [0, 0.05) is 30.1 Å². The number of hydrogen-bond donors (Lipinski definition) is 0. The Kier molecular flexibility index (Phi) is 4.82. The van der Waals surface area contributed by atoms with E-state index in [0.29, 0.717) is 30.9 Å². The molecule has 1 aliphatic rings. The number of hydrogen-bond acceptors (Lipinski definition) is 4. The zero-order valence-corrected chi connectivity index (χ0v) is 16.7. The van der Waals surface area contributed by atoms with Crippen LogP contribution in [0.2, 0.25) is 0 Å². The van der Waals surface area contributed by atoms with Crippen LogP contribution in [0.15, 0.2) is 48.8 Å². The molecule has 4 rings (SSSR count). The van der Waals surface area contributed by atoms with Crippen LogP contribution >= 0.6 is 0 Å². The van der Waals surface area contributed by atoms with Crippen molar-refractivity contribution in [1.29, 1.82) is 0 Å². The second-order valence-electron chi connectivity index (χ2n) is 8.04. The van der Waals surface area contributed by atoms with Crippen LogP contribution in [0.3, 0.4) is 0 Å². The number of rotatable bonds is 2. The third kappa shape index (κ3) is 3.99. The highest BCUT2D eigenvalue weighted by Crippen LogP contribution is 2.36. The van der Waals surface area contributed by atoms with Crippen LogP contribution in [0.4, 0.5) is 9.18 Å². The van der Waals surface area contributed by atoms with E-state index in [2.05, 4.69) is 4.98 Å². The molecular weight excluding hydrogens is 371 g/mol. The maximum absolute atomic E-state index is 13.9. The smallest absolute Gasteiger partial charge is 0.410 e. The average Bonchev–Trinajstić information content (AvgIpc) is 3.06. The first-order valence-electron chi connectivity index (χ1n) is 9.56. The summed E-state index contributed by atoms with van der Waals surface area (Å²) in [5, 5.41) is 4.76. The van der Waals surface area contributed by atoms with E-state index < -0.39 is 5.60 Å². The van der Waals surface area contributed by atoms with Crippen LogP contribution in [0, 0.1) is 5.82 Å². The van der Waals surface area contributed by atoms with Crippen molar-refractivity contribution in [3.63, 3.8) is 0 Å². The van der Waals surface area contributed by atoms with Crippen molar-refractivity contribution in [2.45, 2.75) is 39.5 Å². The van der Waals surface area contributed by atoms with Crippen LogP contribution in [0.25, 0.3) is 22.4 Å². The highest BCUT2D eigenvalue weighted by molar-refractivity contribution is 5.83. The molecule has 0 fully saturated rings. The molecule has 1 amide bonds. The zero-order chi connectivity index (χ0) is 20.6. The lowest BCUT2D eigenvalue weighted by atomic mass is 9.99. The summed E-state index contributed by atoms with van der Waals surface area (Å²) in [6.45, 7) is 6.97. The number of amides is 1. The SMILES string of the molecule is CC(C)(C)OC(=O)N1CCn2nc(-c3cccc(F)c3)c(-c3ccncc3)c2C1. The molecule has 0 N–H and O–H groups in total. The predicted molar refractivity (Wildman–Crippen MR) is 107 cm³/mol. The zero-order valence-electron chi connectivity index (χ0n) is 16.7. The van der Waals surface area contributed by atoms with E-state index in [-0.39, 0.29) is 11.9 Å². The Bertz CT molecular complexity index is 1040. The van der Waals surface area contributed by atoms with Gasteiger partial charge in [0.05, 0.1) is 18.8 Å². The van der Waals surface area contributed by atoms with Gasteiger partial charge in [0.1, 0.15) is 17.1 Å². The van der Waals surface area contributed by atoms with Crippen LogP contribution in [-0.4, -0.2) is 37.9 Å². The Morgan fingerprint density at radius 2 is 1.86 bits per heavy atom. The van der Waals surface area contributed by atoms with Gasteiger partial charge in [-0.15, -0.1) is 0 Å². The normalized spacial score (nSPS) is 13.9. The Balaban J connectivity index is 1.79. The van der Waals surface area contributed by atoms with Gasteiger partial charge in [-0.25, -0.2) is 9.18 Å². The van der Waals surface area contributed by atoms with Crippen molar-refractivity contribution in [2.24, 2.45) is 0 Å². The Morgan fingerprint density at radius 1 is 1.10 bits per heavy atom. The molecule has 0 saturated carbocycles. The second-order valence-corrected chi connectivity index (χ2v) is 8.04. The van der Waals surface area contributed by atoms with E-state index in [9.17, 15) is 9.18 Å². The summed E-state index contributed by atoms with van der Waals surface area (Å²) in [6, 6.07) is 10.2. The monoisotopic (exact) mass is 394 g/mol. The number of nitrogens with zero attached hydrogens (tertiary/aromatic N) is 4. The number of carbonyl (C=O) groups excluding carboxylic acids is 1. The summed E-state index contributed by atoms with van der Waals surface area (Å²) in [5.41, 5.74) is 3.53. The lowest BCUT2D eigenvalue weighted by molar-refractivity contribution is 0.0195. The van der Waals surface area contributed by atoms with Gasteiger partial charge < -0.3 is 9.64 Å². The van der Waals surface area contributed by atoms with E-state index in [4.69, 9.17) is 9.84 Å². The van der Waals surface area contributed by atoms with Gasteiger partial charge in [-0.2, -0.15) is 5.10 Å². The summed E-state index contributed by atoms with van der Waals surface area (Å²) in [6.07, 6.45) is 3.07. The van der Waals surface area contributed by atoms with Crippen LogP contribution in [0.5, 0.6) is 0 Å².